The van der Waals surface area contributed by atoms with Crippen molar-refractivity contribution < 1.29 is 27.7 Å². The molecule has 0 amide bonds. The lowest BCUT2D eigenvalue weighted by Gasteiger charge is -2.10. The van der Waals surface area contributed by atoms with Crippen molar-refractivity contribution in [2.24, 2.45) is 5.10 Å². The number of nitrogens with one attached hydrogen (secondary N) is 1. The van der Waals surface area contributed by atoms with Gasteiger partial charge in [-0.25, -0.2) is 4.83 Å². The predicted octanol–water partition coefficient (Wildman–Crippen LogP) is 2.12. The van der Waals surface area contributed by atoms with Crippen LogP contribution in [0, 0.1) is 0 Å². The van der Waals surface area contributed by atoms with Gasteiger partial charge in [-0.2, -0.15) is 13.5 Å². The largest absolute Gasteiger partial charge is 0.504 e. The van der Waals surface area contributed by atoms with E-state index in [0.29, 0.717) is 23.7 Å². The van der Waals surface area contributed by atoms with Crippen LogP contribution in [-0.4, -0.2) is 40.6 Å². The van der Waals surface area contributed by atoms with Crippen LogP contribution in [-0.2, 0) is 10.0 Å². The molecule has 0 unspecified atom stereocenters. The van der Waals surface area contributed by atoms with E-state index in [-0.39, 0.29) is 16.4 Å². The van der Waals surface area contributed by atoms with Crippen LogP contribution in [0.15, 0.2) is 46.4 Å². The number of rotatable bonds is 8. The first-order valence-corrected chi connectivity index (χ1v) is 9.13. The molecule has 0 aromatic heterocycles. The fraction of sp³-hybridized carbons (Fsp3) is 0.235. The minimum atomic E-state index is -3.92. The van der Waals surface area contributed by atoms with E-state index in [4.69, 9.17) is 14.2 Å². The number of sulfonamides is 1. The normalized spacial score (nSPS) is 11.3. The number of methoxy groups -OCH3 is 2. The van der Waals surface area contributed by atoms with E-state index in [9.17, 15) is 13.5 Å². The molecule has 0 aliphatic rings. The van der Waals surface area contributed by atoms with E-state index in [2.05, 4.69) is 9.93 Å². The molecule has 0 aliphatic heterocycles. The Morgan fingerprint density at radius 3 is 2.50 bits per heavy atom. The molecule has 0 saturated heterocycles. The minimum Gasteiger partial charge on any atom is -0.504 e. The molecule has 140 valence electrons. The minimum absolute atomic E-state index is 0.0420. The van der Waals surface area contributed by atoms with Crippen molar-refractivity contribution in [3.63, 3.8) is 0 Å². The summed E-state index contributed by atoms with van der Waals surface area (Å²) in [5.41, 5.74) is 0.311. The quantitative estimate of drug-likeness (QED) is 0.537. The lowest BCUT2D eigenvalue weighted by molar-refractivity contribution is 0.318. The van der Waals surface area contributed by atoms with Gasteiger partial charge in [-0.15, -0.1) is 0 Å². The second kappa shape index (κ2) is 8.43. The molecule has 0 fully saturated rings. The molecular weight excluding hydrogens is 360 g/mol. The molecule has 0 radical (unpaired) electrons. The molecule has 8 nitrogen and oxygen atoms in total. The van der Waals surface area contributed by atoms with Gasteiger partial charge in [0.15, 0.2) is 23.0 Å². The highest BCUT2D eigenvalue weighted by atomic mass is 32.2. The van der Waals surface area contributed by atoms with Crippen LogP contribution in [0.4, 0.5) is 0 Å². The molecular formula is C17H20N2O6S. The Morgan fingerprint density at radius 1 is 1.12 bits per heavy atom. The van der Waals surface area contributed by atoms with Crippen molar-refractivity contribution in [3.8, 4) is 23.0 Å². The van der Waals surface area contributed by atoms with Gasteiger partial charge in [0.1, 0.15) is 0 Å². The zero-order valence-corrected chi connectivity index (χ0v) is 15.4. The van der Waals surface area contributed by atoms with Crippen LogP contribution in [0.2, 0.25) is 0 Å². The van der Waals surface area contributed by atoms with Gasteiger partial charge in [-0.3, -0.25) is 0 Å². The second-order valence-electron chi connectivity index (χ2n) is 5.00. The third-order valence-electron chi connectivity index (χ3n) is 3.37. The number of para-hydroxylation sites is 1. The highest BCUT2D eigenvalue weighted by Gasteiger charge is 2.16. The average molecular weight is 380 g/mol. The van der Waals surface area contributed by atoms with Gasteiger partial charge in [-0.1, -0.05) is 6.07 Å². The van der Waals surface area contributed by atoms with Crippen molar-refractivity contribution >= 4 is 16.2 Å². The summed E-state index contributed by atoms with van der Waals surface area (Å²) in [4.78, 5) is 2.04. The van der Waals surface area contributed by atoms with Crippen LogP contribution >= 0.6 is 0 Å². The maximum absolute atomic E-state index is 12.3. The number of hydrazone groups is 1. The fourth-order valence-corrected chi connectivity index (χ4v) is 2.92. The first-order chi connectivity index (χ1) is 12.4. The summed E-state index contributed by atoms with van der Waals surface area (Å²) >= 11 is 0. The summed E-state index contributed by atoms with van der Waals surface area (Å²) < 4.78 is 40.1. The molecule has 0 atom stereocenters. The van der Waals surface area contributed by atoms with E-state index >= 15 is 0 Å². The highest BCUT2D eigenvalue weighted by Crippen LogP contribution is 2.30. The van der Waals surface area contributed by atoms with Gasteiger partial charge in [0, 0.05) is 11.6 Å². The summed E-state index contributed by atoms with van der Waals surface area (Å²) in [6.07, 6.45) is 1.19. The van der Waals surface area contributed by atoms with Crippen molar-refractivity contribution in [3.05, 3.63) is 42.0 Å². The van der Waals surface area contributed by atoms with Crippen LogP contribution in [0.1, 0.15) is 12.5 Å². The molecule has 2 N–H and O–H groups in total. The number of nitrogens with zero attached hydrogens (tertiary/aromatic N) is 1. The van der Waals surface area contributed by atoms with Gasteiger partial charge >= 0.3 is 0 Å². The molecule has 9 heteroatoms. The molecule has 2 rings (SSSR count). The Hall–Kier alpha value is -2.94. The summed E-state index contributed by atoms with van der Waals surface area (Å²) in [6, 6.07) is 9.01. The number of ether oxygens (including phenoxy) is 3. The Kier molecular flexibility index (Phi) is 6.29. The lowest BCUT2D eigenvalue weighted by Crippen LogP contribution is -2.18. The van der Waals surface area contributed by atoms with Crippen molar-refractivity contribution in [2.75, 3.05) is 20.8 Å². The molecule has 0 spiro atoms. The molecule has 0 bridgehead atoms. The van der Waals surface area contributed by atoms with Crippen molar-refractivity contribution in [1.29, 1.82) is 0 Å². The third-order valence-corrected chi connectivity index (χ3v) is 4.59. The lowest BCUT2D eigenvalue weighted by atomic mass is 10.2. The molecule has 0 heterocycles. The SMILES string of the molecule is CCOc1cccc(/C=N\NS(=O)(=O)c2ccc(OC)c(OC)c2)c1O. The third kappa shape index (κ3) is 4.37. The maximum Gasteiger partial charge on any atom is 0.276 e. The summed E-state index contributed by atoms with van der Waals surface area (Å²) in [5.74, 6) is 0.858. The number of phenols is 1. The zero-order chi connectivity index (χ0) is 19.2. The van der Waals surface area contributed by atoms with Gasteiger partial charge in [-0.05, 0) is 31.2 Å². The smallest absolute Gasteiger partial charge is 0.276 e. The van der Waals surface area contributed by atoms with E-state index in [0.717, 1.165) is 0 Å². The van der Waals surface area contributed by atoms with Crippen molar-refractivity contribution in [2.45, 2.75) is 11.8 Å². The standard InChI is InChI=1S/C17H20N2O6S/c1-4-25-15-7-5-6-12(17(15)20)11-18-19-26(21,22)13-8-9-14(23-2)16(10-13)24-3/h5-11,19-20H,4H2,1-3H3/b18-11-. The number of hydrogen-bond donors (Lipinski definition) is 2. The summed E-state index contributed by atoms with van der Waals surface area (Å²) in [6.45, 7) is 2.18. The summed E-state index contributed by atoms with van der Waals surface area (Å²) in [7, 11) is -1.05. The van der Waals surface area contributed by atoms with E-state index in [1.807, 2.05) is 0 Å². The van der Waals surface area contributed by atoms with Crippen molar-refractivity contribution in [1.82, 2.24) is 4.83 Å². The monoisotopic (exact) mass is 380 g/mol. The average Bonchev–Trinajstić information content (AvgIpc) is 2.64. The Bertz CT molecular complexity index is 896. The number of hydrogen-bond acceptors (Lipinski definition) is 7. The van der Waals surface area contributed by atoms with Gasteiger partial charge < -0.3 is 19.3 Å². The number of aromatic hydroxyl groups is 1. The Balaban J connectivity index is 2.20. The van der Waals surface area contributed by atoms with Gasteiger partial charge in [0.05, 0.1) is 31.9 Å². The van der Waals surface area contributed by atoms with E-state index < -0.39 is 10.0 Å². The molecule has 2 aromatic carbocycles. The predicted molar refractivity (Wildman–Crippen MR) is 96.7 cm³/mol. The second-order valence-corrected chi connectivity index (χ2v) is 6.66. The van der Waals surface area contributed by atoms with Gasteiger partial charge in [0.2, 0.25) is 0 Å². The van der Waals surface area contributed by atoms with E-state index in [1.54, 1.807) is 25.1 Å². The Morgan fingerprint density at radius 2 is 1.85 bits per heavy atom. The highest BCUT2D eigenvalue weighted by molar-refractivity contribution is 7.89. The van der Waals surface area contributed by atoms with Crippen LogP contribution in [0.25, 0.3) is 0 Å². The fourth-order valence-electron chi connectivity index (χ4n) is 2.12. The van der Waals surface area contributed by atoms with E-state index in [1.165, 1.54) is 38.6 Å². The molecule has 0 saturated carbocycles. The van der Waals surface area contributed by atoms with Crippen LogP contribution < -0.4 is 19.0 Å². The van der Waals surface area contributed by atoms with Crippen LogP contribution in [0.5, 0.6) is 23.0 Å². The van der Waals surface area contributed by atoms with Gasteiger partial charge in [0.25, 0.3) is 10.0 Å². The first-order valence-electron chi connectivity index (χ1n) is 7.64. The number of benzene rings is 2. The zero-order valence-electron chi connectivity index (χ0n) is 14.6. The molecule has 2 aromatic rings. The first kappa shape index (κ1) is 19.4. The molecule has 0 aliphatic carbocycles. The molecule has 26 heavy (non-hydrogen) atoms. The maximum atomic E-state index is 12.3. The number of phenolic OH excluding ortho intramolecular Hbond substituents is 1. The topological polar surface area (TPSA) is 106 Å². The van der Waals surface area contributed by atoms with Crippen LogP contribution in [0.3, 0.4) is 0 Å². The summed E-state index contributed by atoms with van der Waals surface area (Å²) in [5, 5.41) is 13.8. The Labute approximate surface area is 152 Å².